The zero-order valence-corrected chi connectivity index (χ0v) is 14.9. The molecule has 26 heavy (non-hydrogen) atoms. The Labute approximate surface area is 150 Å². The van der Waals surface area contributed by atoms with Gasteiger partial charge in [-0.3, -0.25) is 9.59 Å². The Balaban J connectivity index is 1.97. The fourth-order valence-corrected chi connectivity index (χ4v) is 3.23. The van der Waals surface area contributed by atoms with Crippen molar-refractivity contribution in [3.8, 4) is 5.75 Å². The average Bonchev–Trinajstić information content (AvgIpc) is 3.04. The second kappa shape index (κ2) is 6.82. The Morgan fingerprint density at radius 1 is 1.23 bits per heavy atom. The van der Waals surface area contributed by atoms with Crippen LogP contribution < -0.4 is 15.7 Å². The van der Waals surface area contributed by atoms with Gasteiger partial charge in [0, 0.05) is 5.56 Å². The lowest BCUT2D eigenvalue weighted by Crippen LogP contribution is -2.44. The van der Waals surface area contributed by atoms with Crippen molar-refractivity contribution in [2.75, 3.05) is 0 Å². The van der Waals surface area contributed by atoms with Gasteiger partial charge < -0.3 is 19.6 Å². The summed E-state index contributed by atoms with van der Waals surface area (Å²) >= 11 is 0. The molecule has 138 valence electrons. The van der Waals surface area contributed by atoms with Crippen LogP contribution in [-0.4, -0.2) is 29.1 Å². The summed E-state index contributed by atoms with van der Waals surface area (Å²) < 4.78 is 11.3. The summed E-state index contributed by atoms with van der Waals surface area (Å²) in [4.78, 5) is 35.2. The Morgan fingerprint density at radius 3 is 2.62 bits per heavy atom. The van der Waals surface area contributed by atoms with Crippen molar-refractivity contribution in [1.29, 1.82) is 0 Å². The second-order valence-corrected chi connectivity index (χ2v) is 6.66. The lowest BCUT2D eigenvalue weighted by molar-refractivity contribution is -0.142. The van der Waals surface area contributed by atoms with Gasteiger partial charge in [0.15, 0.2) is 6.10 Å². The van der Waals surface area contributed by atoms with Gasteiger partial charge in [0.25, 0.3) is 5.91 Å². The molecule has 0 aliphatic heterocycles. The summed E-state index contributed by atoms with van der Waals surface area (Å²) in [5.41, 5.74) is 2.54. The van der Waals surface area contributed by atoms with Crippen molar-refractivity contribution < 1.29 is 23.8 Å². The molecule has 7 heteroatoms. The van der Waals surface area contributed by atoms with Gasteiger partial charge in [0.2, 0.25) is 0 Å². The van der Waals surface area contributed by atoms with E-state index in [1.54, 1.807) is 19.1 Å². The number of carbonyl (C=O) groups is 2. The van der Waals surface area contributed by atoms with E-state index in [9.17, 15) is 14.4 Å². The Kier molecular flexibility index (Phi) is 4.71. The zero-order valence-electron chi connectivity index (χ0n) is 14.9. The van der Waals surface area contributed by atoms with E-state index < -0.39 is 24.0 Å². The van der Waals surface area contributed by atoms with Crippen molar-refractivity contribution in [2.45, 2.75) is 52.2 Å². The van der Waals surface area contributed by atoms with Gasteiger partial charge in [0.05, 0.1) is 5.39 Å². The number of benzene rings is 1. The minimum atomic E-state index is -1.12. The molecule has 2 N–H and O–H groups in total. The van der Waals surface area contributed by atoms with Gasteiger partial charge in [-0.25, -0.2) is 4.79 Å². The molecular weight excluding hydrogens is 338 g/mol. The maximum absolute atomic E-state index is 12.2. The number of amides is 1. The van der Waals surface area contributed by atoms with E-state index in [1.165, 1.54) is 6.92 Å². The third-order valence-electron chi connectivity index (χ3n) is 4.58. The van der Waals surface area contributed by atoms with E-state index in [2.05, 4.69) is 5.32 Å². The van der Waals surface area contributed by atoms with Crippen LogP contribution in [-0.2, 0) is 22.4 Å². The second-order valence-electron chi connectivity index (χ2n) is 6.66. The summed E-state index contributed by atoms with van der Waals surface area (Å²) in [6.07, 6.45) is 1.41. The molecule has 0 radical (unpaired) electrons. The van der Waals surface area contributed by atoms with E-state index in [4.69, 9.17) is 14.3 Å². The SMILES string of the molecule is Cc1cc(OC(C)C(=O)N[C@@H](C)C(=O)O)c2c3c(c(=O)oc2c1)CCC3. The van der Waals surface area contributed by atoms with Crippen LogP contribution in [0.15, 0.2) is 21.3 Å². The molecule has 0 spiro atoms. The Hall–Kier alpha value is -2.83. The highest BCUT2D eigenvalue weighted by Gasteiger charge is 2.25. The van der Waals surface area contributed by atoms with Crippen LogP contribution in [0.3, 0.4) is 0 Å². The molecule has 2 aromatic rings. The monoisotopic (exact) mass is 359 g/mol. The molecule has 1 unspecified atom stereocenters. The summed E-state index contributed by atoms with van der Waals surface area (Å²) in [6.45, 7) is 4.78. The minimum Gasteiger partial charge on any atom is -0.480 e. The number of aliphatic carboxylic acids is 1. The number of fused-ring (bicyclic) bond motifs is 3. The largest absolute Gasteiger partial charge is 0.480 e. The molecule has 1 amide bonds. The van der Waals surface area contributed by atoms with E-state index in [0.717, 1.165) is 24.0 Å². The van der Waals surface area contributed by atoms with Crippen molar-refractivity contribution >= 4 is 22.8 Å². The first-order valence-electron chi connectivity index (χ1n) is 8.57. The average molecular weight is 359 g/mol. The summed E-state index contributed by atoms with van der Waals surface area (Å²) in [5, 5.41) is 12.0. The molecule has 0 saturated heterocycles. The Bertz CT molecular complexity index is 945. The normalized spacial score (nSPS) is 15.3. The molecule has 2 atom stereocenters. The maximum Gasteiger partial charge on any atom is 0.339 e. The molecule has 1 aromatic heterocycles. The van der Waals surface area contributed by atoms with Gasteiger partial charge in [-0.05, 0) is 63.3 Å². The fourth-order valence-electron chi connectivity index (χ4n) is 3.23. The summed E-state index contributed by atoms with van der Waals surface area (Å²) in [5.74, 6) is -1.18. The molecule has 0 saturated carbocycles. The maximum atomic E-state index is 12.2. The molecule has 1 aromatic carbocycles. The van der Waals surface area contributed by atoms with Crippen LogP contribution >= 0.6 is 0 Å². The number of ether oxygens (including phenoxy) is 1. The highest BCUT2D eigenvalue weighted by molar-refractivity contribution is 5.90. The van der Waals surface area contributed by atoms with Gasteiger partial charge in [-0.2, -0.15) is 0 Å². The fraction of sp³-hybridized carbons (Fsp3) is 0.421. The smallest absolute Gasteiger partial charge is 0.339 e. The van der Waals surface area contributed by atoms with Crippen LogP contribution in [0.4, 0.5) is 0 Å². The number of hydrogen-bond donors (Lipinski definition) is 2. The molecule has 1 aliphatic rings. The Morgan fingerprint density at radius 2 is 1.92 bits per heavy atom. The first-order chi connectivity index (χ1) is 12.3. The highest BCUT2D eigenvalue weighted by atomic mass is 16.5. The van der Waals surface area contributed by atoms with E-state index in [0.29, 0.717) is 28.7 Å². The number of carboxylic acid groups (broad SMARTS) is 1. The third-order valence-corrected chi connectivity index (χ3v) is 4.58. The summed E-state index contributed by atoms with van der Waals surface area (Å²) in [6, 6.07) is 2.56. The molecule has 7 nitrogen and oxygen atoms in total. The predicted molar refractivity (Wildman–Crippen MR) is 94.6 cm³/mol. The number of rotatable bonds is 5. The van der Waals surface area contributed by atoms with Crippen LogP contribution in [0.1, 0.15) is 37.0 Å². The zero-order chi connectivity index (χ0) is 19.0. The lowest BCUT2D eigenvalue weighted by atomic mass is 10.0. The molecule has 3 rings (SSSR count). The molecular formula is C19H21NO6. The van der Waals surface area contributed by atoms with Crippen molar-refractivity contribution in [1.82, 2.24) is 5.32 Å². The van der Waals surface area contributed by atoms with E-state index >= 15 is 0 Å². The lowest BCUT2D eigenvalue weighted by Gasteiger charge is -2.19. The number of aryl methyl sites for hydroxylation is 2. The van der Waals surface area contributed by atoms with E-state index in [1.807, 2.05) is 6.92 Å². The summed E-state index contributed by atoms with van der Waals surface area (Å²) in [7, 11) is 0. The molecule has 1 heterocycles. The molecule has 0 bridgehead atoms. The van der Waals surface area contributed by atoms with Gasteiger partial charge >= 0.3 is 11.6 Å². The third kappa shape index (κ3) is 3.29. The van der Waals surface area contributed by atoms with Crippen molar-refractivity contribution in [2.24, 2.45) is 0 Å². The number of carboxylic acids is 1. The quantitative estimate of drug-likeness (QED) is 0.791. The predicted octanol–water partition coefficient (Wildman–Crippen LogP) is 1.95. The molecule has 0 fully saturated rings. The topological polar surface area (TPSA) is 106 Å². The number of nitrogens with one attached hydrogen (secondary N) is 1. The van der Waals surface area contributed by atoms with E-state index in [-0.39, 0.29) is 5.63 Å². The van der Waals surface area contributed by atoms with Crippen molar-refractivity contribution in [3.63, 3.8) is 0 Å². The minimum absolute atomic E-state index is 0.317. The number of hydrogen-bond acceptors (Lipinski definition) is 5. The van der Waals surface area contributed by atoms with Crippen LogP contribution in [0.25, 0.3) is 11.0 Å². The van der Waals surface area contributed by atoms with Crippen LogP contribution in [0, 0.1) is 6.92 Å². The highest BCUT2D eigenvalue weighted by Crippen LogP contribution is 2.35. The van der Waals surface area contributed by atoms with Gasteiger partial charge in [-0.15, -0.1) is 0 Å². The molecule has 1 aliphatic carbocycles. The van der Waals surface area contributed by atoms with Gasteiger partial charge in [0.1, 0.15) is 17.4 Å². The number of carbonyl (C=O) groups excluding carboxylic acids is 1. The van der Waals surface area contributed by atoms with Crippen LogP contribution in [0.5, 0.6) is 5.75 Å². The van der Waals surface area contributed by atoms with Crippen LogP contribution in [0.2, 0.25) is 0 Å². The first kappa shape index (κ1) is 18.0. The van der Waals surface area contributed by atoms with Crippen molar-refractivity contribution in [3.05, 3.63) is 39.2 Å². The van der Waals surface area contributed by atoms with Gasteiger partial charge in [-0.1, -0.05) is 0 Å². The first-order valence-corrected chi connectivity index (χ1v) is 8.57. The standard InChI is InChI=1S/C19H21NO6/c1-9-7-14(25-11(3)17(21)20-10(2)18(22)23)16-12-5-4-6-13(12)19(24)26-15(16)8-9/h7-8,10-11H,4-6H2,1-3H3,(H,20,21)(H,22,23)/t10-,11?/m0/s1.